The quantitative estimate of drug-likeness (QED) is 0.201. The molecule has 0 aliphatic heterocycles. The molecule has 0 unspecified atom stereocenters. The molecule has 0 heterocycles. The molecule has 0 saturated carbocycles. The standard InChI is InChI=1S/C19H21.C15H14.C5H5.2ClH.Ti/c1-12(2)14-5-7-16-9-17-8-6-15(13(3)4)11-19(17)18(16)10-14;1-12-3-7-14(8-4-12)11-15-9-5-13(2)6-10-15;1-2-4-5-3-1;;;/h5-13H,1-4H3;3-10H,1-2H3;1-3H,4H2;2*1H;/q-1;;-1;;;+2/p-2. The molecule has 3 heteroatoms. The second-order valence-electron chi connectivity index (χ2n) is 11.3. The van der Waals surface area contributed by atoms with E-state index in [2.05, 4.69) is 165 Å². The molecule has 1 aliphatic carbocycles. The minimum absolute atomic E-state index is 0. The third kappa shape index (κ3) is 9.45. The normalized spacial score (nSPS) is 11.5. The molecule has 0 amide bonds. The van der Waals surface area contributed by atoms with Crippen molar-refractivity contribution in [3.05, 3.63) is 149 Å². The van der Waals surface area contributed by atoms with Crippen LogP contribution in [0.3, 0.4) is 0 Å². The second-order valence-corrected chi connectivity index (χ2v) is 12.0. The maximum atomic E-state index is 2.99. The smallest absolute Gasteiger partial charge is 0.109 e. The molecule has 216 valence electrons. The number of benzene rings is 4. The van der Waals surface area contributed by atoms with Crippen LogP contribution in [-0.2, 0) is 20.0 Å². The van der Waals surface area contributed by atoms with Gasteiger partial charge in [0.15, 0.2) is 0 Å². The van der Waals surface area contributed by atoms with Crippen molar-refractivity contribution in [2.24, 2.45) is 0 Å². The maximum Gasteiger partial charge on any atom is -0.109 e. The number of fused-ring (bicyclic) bond motifs is 3. The van der Waals surface area contributed by atoms with Gasteiger partial charge in [0.25, 0.3) is 0 Å². The molecule has 0 nitrogen and oxygen atoms in total. The fraction of sp³-hybridized carbons (Fsp3) is 0.231. The monoisotopic (exact) mass is 626 g/mol. The van der Waals surface area contributed by atoms with E-state index in [1.807, 2.05) is 12.2 Å². The van der Waals surface area contributed by atoms with E-state index in [9.17, 15) is 0 Å². The van der Waals surface area contributed by atoms with Crippen molar-refractivity contribution in [1.29, 1.82) is 0 Å². The van der Waals surface area contributed by atoms with Gasteiger partial charge < -0.3 is 24.8 Å². The second kappa shape index (κ2) is 16.9. The third-order valence-corrected chi connectivity index (χ3v) is 8.26. The van der Waals surface area contributed by atoms with Crippen molar-refractivity contribution >= 4 is 25.4 Å². The van der Waals surface area contributed by atoms with Crippen LogP contribution in [0.5, 0.6) is 0 Å². The van der Waals surface area contributed by atoms with Crippen molar-refractivity contribution in [3.8, 4) is 0 Å². The van der Waals surface area contributed by atoms with E-state index in [0.29, 0.717) is 11.8 Å². The van der Waals surface area contributed by atoms with Gasteiger partial charge in [0.2, 0.25) is 0 Å². The summed E-state index contributed by atoms with van der Waals surface area (Å²) in [6.07, 6.45) is 10.0. The Balaban J connectivity index is 0.000000244. The minimum Gasteiger partial charge on any atom is -1.00 e. The van der Waals surface area contributed by atoms with Crippen molar-refractivity contribution in [2.45, 2.75) is 59.8 Å². The zero-order valence-corrected chi connectivity index (χ0v) is 28.6. The van der Waals surface area contributed by atoms with Crippen LogP contribution in [0, 0.1) is 19.9 Å². The number of hydrogen-bond donors (Lipinski definition) is 0. The van der Waals surface area contributed by atoms with Gasteiger partial charge in [-0.25, -0.2) is 12.2 Å². The van der Waals surface area contributed by atoms with Gasteiger partial charge in [0.1, 0.15) is 0 Å². The van der Waals surface area contributed by atoms with E-state index in [-0.39, 0.29) is 24.8 Å². The predicted octanol–water partition coefficient (Wildman–Crippen LogP) is 4.69. The van der Waals surface area contributed by atoms with Gasteiger partial charge >= 0.3 is 108 Å². The maximum absolute atomic E-state index is 2.99. The molecule has 6 rings (SSSR count). The molecular weight excluding hydrogens is 587 g/mol. The van der Waals surface area contributed by atoms with E-state index in [0.717, 1.165) is 6.42 Å². The van der Waals surface area contributed by atoms with E-state index in [4.69, 9.17) is 0 Å². The van der Waals surface area contributed by atoms with E-state index in [1.54, 1.807) is 0 Å². The van der Waals surface area contributed by atoms with Gasteiger partial charge in [-0.1, -0.05) is 63.1 Å². The molecule has 5 aromatic rings. The summed E-state index contributed by atoms with van der Waals surface area (Å²) in [5.74, 6) is 1.17. The number of rotatable bonds is 4. The largest absolute Gasteiger partial charge is 1.00 e. The van der Waals surface area contributed by atoms with Crippen LogP contribution < -0.4 is 24.8 Å². The van der Waals surface area contributed by atoms with Gasteiger partial charge in [-0.3, -0.25) is 6.08 Å². The summed E-state index contributed by atoms with van der Waals surface area (Å²) < 4.78 is 1.33. The SMILES string of the molecule is CC(C)c1ccc2[cH-]c3ccc(C(C)C)cc3c2c1.Cc1ccc([C](=[Ti+2])c2ccc(C)cc2)cc1.[C-]1=CC=CC1.[Cl-].[Cl-]. The number of halogens is 2. The van der Waals surface area contributed by atoms with Crippen LogP contribution in [0.4, 0.5) is 0 Å². The Hall–Kier alpha value is -2.61. The molecule has 0 atom stereocenters. The third-order valence-electron chi connectivity index (χ3n) is 7.36. The van der Waals surface area contributed by atoms with Crippen molar-refractivity contribution in [3.63, 3.8) is 0 Å². The number of aryl methyl sites for hydroxylation is 2. The first-order valence-corrected chi connectivity index (χ1v) is 15.1. The Kier molecular flexibility index (Phi) is 14.3. The molecule has 0 fully saturated rings. The fourth-order valence-electron chi connectivity index (χ4n) is 4.70. The van der Waals surface area contributed by atoms with Gasteiger partial charge in [0.05, 0.1) is 0 Å². The number of hydrogen-bond acceptors (Lipinski definition) is 0. The zero-order chi connectivity index (χ0) is 28.6. The Morgan fingerprint density at radius 3 is 1.40 bits per heavy atom. The van der Waals surface area contributed by atoms with E-state index < -0.39 is 0 Å². The van der Waals surface area contributed by atoms with Crippen LogP contribution in [0.1, 0.15) is 79.3 Å². The summed E-state index contributed by atoms with van der Waals surface area (Å²) >= 11 is 2.18. The van der Waals surface area contributed by atoms with Crippen molar-refractivity contribution < 1.29 is 44.8 Å². The van der Waals surface area contributed by atoms with Crippen LogP contribution in [0.2, 0.25) is 0 Å². The van der Waals surface area contributed by atoms with Gasteiger partial charge in [-0.2, -0.15) is 6.08 Å². The van der Waals surface area contributed by atoms with Gasteiger partial charge in [-0.15, -0.1) is 46.2 Å². The Labute approximate surface area is 277 Å². The molecule has 0 saturated heterocycles. The molecule has 5 aromatic carbocycles. The van der Waals surface area contributed by atoms with E-state index in [1.165, 1.54) is 58.7 Å². The van der Waals surface area contributed by atoms with Crippen molar-refractivity contribution in [1.82, 2.24) is 0 Å². The molecule has 0 N–H and O–H groups in total. The predicted molar refractivity (Wildman–Crippen MR) is 172 cm³/mol. The van der Waals surface area contributed by atoms with Gasteiger partial charge in [0, 0.05) is 0 Å². The Bertz CT molecular complexity index is 1510. The molecule has 0 bridgehead atoms. The van der Waals surface area contributed by atoms with Crippen LogP contribution in [0.25, 0.3) is 21.5 Å². The average molecular weight is 628 g/mol. The summed E-state index contributed by atoms with van der Waals surface area (Å²) in [7, 11) is 0. The minimum atomic E-state index is 0. The molecule has 1 aliphatic rings. The first-order valence-electron chi connectivity index (χ1n) is 14.3. The molecular formula is C39H40Cl2Ti-2. The summed E-state index contributed by atoms with van der Waals surface area (Å²) in [6, 6.07) is 33.5. The van der Waals surface area contributed by atoms with Crippen molar-refractivity contribution in [2.75, 3.05) is 0 Å². The van der Waals surface area contributed by atoms with Gasteiger partial charge in [-0.05, 0) is 11.8 Å². The summed E-state index contributed by atoms with van der Waals surface area (Å²) in [5.41, 5.74) is 8.06. The summed E-state index contributed by atoms with van der Waals surface area (Å²) in [6.45, 7) is 13.3. The molecule has 0 spiro atoms. The summed E-state index contributed by atoms with van der Waals surface area (Å²) in [4.78, 5) is 0. The molecule has 0 radical (unpaired) electrons. The zero-order valence-electron chi connectivity index (χ0n) is 25.5. The molecule has 42 heavy (non-hydrogen) atoms. The van der Waals surface area contributed by atoms with Crippen LogP contribution in [-0.4, -0.2) is 3.81 Å². The topological polar surface area (TPSA) is 0 Å². The fourth-order valence-corrected chi connectivity index (χ4v) is 5.22. The average Bonchev–Trinajstić information content (AvgIpc) is 3.65. The Morgan fingerprint density at radius 2 is 1.10 bits per heavy atom. The van der Waals surface area contributed by atoms with Crippen LogP contribution in [0.15, 0.2) is 109 Å². The number of allylic oxidation sites excluding steroid dienone is 4. The van der Waals surface area contributed by atoms with E-state index >= 15 is 0 Å². The first kappa shape index (κ1) is 35.6. The van der Waals surface area contributed by atoms with Crippen LogP contribution >= 0.6 is 0 Å². The summed E-state index contributed by atoms with van der Waals surface area (Å²) in [5, 5.41) is 5.54. The molecule has 0 aromatic heterocycles. The Morgan fingerprint density at radius 1 is 0.667 bits per heavy atom. The first-order chi connectivity index (χ1) is 19.2.